The lowest BCUT2D eigenvalue weighted by Crippen LogP contribution is -2.28. The Balaban J connectivity index is 1.58. The summed E-state index contributed by atoms with van der Waals surface area (Å²) in [5.41, 5.74) is 3.16. The Morgan fingerprint density at radius 1 is 0.943 bits per heavy atom. The van der Waals surface area contributed by atoms with Gasteiger partial charge in [0.25, 0.3) is 5.91 Å². The van der Waals surface area contributed by atoms with E-state index in [0.29, 0.717) is 29.9 Å². The average Bonchev–Trinajstić information content (AvgIpc) is 2.83. The topological polar surface area (TPSA) is 114 Å². The second-order valence-electron chi connectivity index (χ2n) is 8.05. The Morgan fingerprint density at radius 2 is 1.66 bits per heavy atom. The first-order valence-electron chi connectivity index (χ1n) is 11.0. The quantitative estimate of drug-likeness (QED) is 0.397. The van der Waals surface area contributed by atoms with E-state index in [1.807, 2.05) is 31.2 Å². The minimum atomic E-state index is -3.36. The first-order valence-corrected chi connectivity index (χ1v) is 12.9. The zero-order chi connectivity index (χ0) is 25.4. The number of nitrogens with one attached hydrogen (secondary N) is 3. The molecule has 0 aliphatic heterocycles. The molecule has 0 saturated heterocycles. The smallest absolute Gasteiger partial charge is 0.253 e. The minimum absolute atomic E-state index is 0.0958. The second kappa shape index (κ2) is 11.5. The van der Waals surface area contributed by atoms with Gasteiger partial charge in [0.15, 0.2) is 9.84 Å². The maximum absolute atomic E-state index is 12.7. The molecule has 0 aliphatic rings. The summed E-state index contributed by atoms with van der Waals surface area (Å²) in [5.74, 6) is 0.113. The van der Waals surface area contributed by atoms with Crippen molar-refractivity contribution >= 4 is 33.0 Å². The summed E-state index contributed by atoms with van der Waals surface area (Å²) in [6.07, 6.45) is 1.78. The van der Waals surface area contributed by atoms with Crippen LogP contribution in [-0.4, -0.2) is 46.7 Å². The highest BCUT2D eigenvalue weighted by Crippen LogP contribution is 2.20. The van der Waals surface area contributed by atoms with Gasteiger partial charge in [0.2, 0.25) is 5.91 Å². The standard InChI is InChI=1S/C26H29N3O5S/c1-18-8-13-21(35(3,32)33)16-24(18)28-17-25(30)29-23-7-5-4-6-22(23)26(31)27-15-14-19-9-11-20(34-2)12-10-19/h4-13,16,28H,14-15,17H2,1-3H3,(H,27,31)(H,29,30). The number of sulfone groups is 1. The van der Waals surface area contributed by atoms with Crippen molar-refractivity contribution in [3.63, 3.8) is 0 Å². The van der Waals surface area contributed by atoms with Gasteiger partial charge in [-0.15, -0.1) is 0 Å². The molecule has 0 radical (unpaired) electrons. The van der Waals surface area contributed by atoms with Crippen molar-refractivity contribution in [2.75, 3.05) is 37.1 Å². The largest absolute Gasteiger partial charge is 0.497 e. The number of carbonyl (C=O) groups is 2. The predicted molar refractivity (Wildman–Crippen MR) is 137 cm³/mol. The van der Waals surface area contributed by atoms with Crippen molar-refractivity contribution in [3.05, 3.63) is 83.4 Å². The highest BCUT2D eigenvalue weighted by molar-refractivity contribution is 7.90. The maximum Gasteiger partial charge on any atom is 0.253 e. The van der Waals surface area contributed by atoms with Crippen molar-refractivity contribution in [1.82, 2.24) is 5.32 Å². The van der Waals surface area contributed by atoms with Gasteiger partial charge in [-0.25, -0.2) is 8.42 Å². The fraction of sp³-hybridized carbons (Fsp3) is 0.231. The lowest BCUT2D eigenvalue weighted by atomic mass is 10.1. The van der Waals surface area contributed by atoms with Crippen LogP contribution in [0.2, 0.25) is 0 Å². The van der Waals surface area contributed by atoms with Crippen molar-refractivity contribution < 1.29 is 22.7 Å². The van der Waals surface area contributed by atoms with E-state index < -0.39 is 9.84 Å². The van der Waals surface area contributed by atoms with Gasteiger partial charge < -0.3 is 20.7 Å². The van der Waals surface area contributed by atoms with Gasteiger partial charge in [0.1, 0.15) is 5.75 Å². The summed E-state index contributed by atoms with van der Waals surface area (Å²) >= 11 is 0. The van der Waals surface area contributed by atoms with Gasteiger partial charge in [-0.05, 0) is 60.9 Å². The Bertz CT molecular complexity index is 1300. The van der Waals surface area contributed by atoms with E-state index in [-0.39, 0.29) is 23.3 Å². The van der Waals surface area contributed by atoms with Crippen LogP contribution in [0.3, 0.4) is 0 Å². The zero-order valence-corrected chi connectivity index (χ0v) is 20.7. The molecule has 0 aromatic heterocycles. The van der Waals surface area contributed by atoms with Crippen LogP contribution in [0.4, 0.5) is 11.4 Å². The fourth-order valence-corrected chi connectivity index (χ4v) is 4.04. The number of para-hydroxylation sites is 1. The van der Waals surface area contributed by atoms with Crippen LogP contribution in [0.1, 0.15) is 21.5 Å². The molecule has 8 nitrogen and oxygen atoms in total. The number of amides is 2. The SMILES string of the molecule is COc1ccc(CCNC(=O)c2ccccc2NC(=O)CNc2cc(S(C)(=O)=O)ccc2C)cc1. The highest BCUT2D eigenvalue weighted by Gasteiger charge is 2.14. The van der Waals surface area contributed by atoms with E-state index in [9.17, 15) is 18.0 Å². The Kier molecular flexibility index (Phi) is 8.48. The van der Waals surface area contributed by atoms with Crippen LogP contribution in [0.5, 0.6) is 5.75 Å². The number of hydrogen-bond donors (Lipinski definition) is 3. The molecule has 3 rings (SSSR count). The third kappa shape index (κ3) is 7.31. The van der Waals surface area contributed by atoms with E-state index in [2.05, 4.69) is 16.0 Å². The molecule has 3 N–H and O–H groups in total. The number of aryl methyl sites for hydroxylation is 1. The van der Waals surface area contributed by atoms with Crippen molar-refractivity contribution in [2.24, 2.45) is 0 Å². The summed E-state index contributed by atoms with van der Waals surface area (Å²) in [5, 5.41) is 8.60. The van der Waals surface area contributed by atoms with Gasteiger partial charge in [-0.1, -0.05) is 30.3 Å². The maximum atomic E-state index is 12.7. The normalized spacial score (nSPS) is 10.9. The van der Waals surface area contributed by atoms with E-state index >= 15 is 0 Å². The summed E-state index contributed by atoms with van der Waals surface area (Å²) < 4.78 is 28.8. The molecule has 0 atom stereocenters. The molecule has 2 amide bonds. The molecule has 184 valence electrons. The van der Waals surface area contributed by atoms with Gasteiger partial charge >= 0.3 is 0 Å². The highest BCUT2D eigenvalue weighted by atomic mass is 32.2. The zero-order valence-electron chi connectivity index (χ0n) is 19.9. The third-order valence-corrected chi connectivity index (χ3v) is 6.49. The molecule has 0 spiro atoms. The number of hydrogen-bond acceptors (Lipinski definition) is 6. The first-order chi connectivity index (χ1) is 16.7. The van der Waals surface area contributed by atoms with Gasteiger partial charge in [0.05, 0.1) is 29.8 Å². The van der Waals surface area contributed by atoms with E-state index in [1.165, 1.54) is 12.1 Å². The van der Waals surface area contributed by atoms with Gasteiger partial charge in [-0.2, -0.15) is 0 Å². The molecule has 0 unspecified atom stereocenters. The van der Waals surface area contributed by atoms with Crippen LogP contribution >= 0.6 is 0 Å². The molecular formula is C26H29N3O5S. The van der Waals surface area contributed by atoms with Crippen LogP contribution in [0.25, 0.3) is 0 Å². The lowest BCUT2D eigenvalue weighted by Gasteiger charge is -2.14. The second-order valence-corrected chi connectivity index (χ2v) is 10.1. The molecule has 0 saturated carbocycles. The number of methoxy groups -OCH3 is 1. The Labute approximate surface area is 205 Å². The molecule has 3 aromatic rings. The number of carbonyl (C=O) groups excluding carboxylic acids is 2. The Morgan fingerprint density at radius 3 is 2.34 bits per heavy atom. The van der Waals surface area contributed by atoms with Crippen LogP contribution < -0.4 is 20.7 Å². The molecule has 3 aromatic carbocycles. The number of ether oxygens (including phenoxy) is 1. The van der Waals surface area contributed by atoms with Gasteiger partial charge in [-0.3, -0.25) is 9.59 Å². The Hall–Kier alpha value is -3.85. The van der Waals surface area contributed by atoms with E-state index in [0.717, 1.165) is 23.1 Å². The molecule has 0 aliphatic carbocycles. The third-order valence-electron chi connectivity index (χ3n) is 5.38. The molecule has 35 heavy (non-hydrogen) atoms. The predicted octanol–water partition coefficient (Wildman–Crippen LogP) is 3.43. The monoisotopic (exact) mass is 495 g/mol. The molecule has 0 fully saturated rings. The van der Waals surface area contributed by atoms with E-state index in [4.69, 9.17) is 4.74 Å². The average molecular weight is 496 g/mol. The van der Waals surface area contributed by atoms with E-state index in [1.54, 1.807) is 37.4 Å². The summed E-state index contributed by atoms with van der Waals surface area (Å²) in [6, 6.07) is 19.1. The summed E-state index contributed by atoms with van der Waals surface area (Å²) in [4.78, 5) is 25.5. The number of anilines is 2. The van der Waals surface area contributed by atoms with Crippen molar-refractivity contribution in [1.29, 1.82) is 0 Å². The molecule has 0 bridgehead atoms. The summed E-state index contributed by atoms with van der Waals surface area (Å²) in [7, 11) is -1.75. The van der Waals surface area contributed by atoms with Crippen molar-refractivity contribution in [2.45, 2.75) is 18.2 Å². The van der Waals surface area contributed by atoms with Crippen LogP contribution in [-0.2, 0) is 21.1 Å². The van der Waals surface area contributed by atoms with Crippen LogP contribution in [0, 0.1) is 6.92 Å². The number of benzene rings is 3. The minimum Gasteiger partial charge on any atom is -0.497 e. The van der Waals surface area contributed by atoms with Gasteiger partial charge in [0, 0.05) is 18.5 Å². The molecular weight excluding hydrogens is 466 g/mol. The first kappa shape index (κ1) is 25.8. The molecule has 9 heteroatoms. The molecule has 0 heterocycles. The van der Waals surface area contributed by atoms with Crippen LogP contribution in [0.15, 0.2) is 71.6 Å². The fourth-order valence-electron chi connectivity index (χ4n) is 3.39. The van der Waals surface area contributed by atoms with Crippen molar-refractivity contribution in [3.8, 4) is 5.75 Å². The lowest BCUT2D eigenvalue weighted by molar-refractivity contribution is -0.114. The summed E-state index contributed by atoms with van der Waals surface area (Å²) in [6.45, 7) is 2.16. The number of rotatable bonds is 10.